The number of aromatic nitrogens is 1. The Hall–Kier alpha value is -1.30. The molecule has 76 valence electrons. The van der Waals surface area contributed by atoms with Crippen LogP contribution in [-0.2, 0) is 5.88 Å². The molecule has 1 aromatic rings. The van der Waals surface area contributed by atoms with E-state index in [9.17, 15) is 18.9 Å². The van der Waals surface area contributed by atoms with Crippen LogP contribution in [0.5, 0.6) is 0 Å². The first kappa shape index (κ1) is 10.8. The molecule has 0 amide bonds. The minimum atomic E-state index is -2.75. The number of hydrogen-bond donors (Lipinski definition) is 0. The highest BCUT2D eigenvalue weighted by molar-refractivity contribution is 6.17. The summed E-state index contributed by atoms with van der Waals surface area (Å²) in [5.74, 6) is -0.267. The van der Waals surface area contributed by atoms with E-state index >= 15 is 0 Å². The Morgan fingerprint density at radius 2 is 2.21 bits per heavy atom. The number of alkyl halides is 3. The molecule has 0 N–H and O–H groups in total. The van der Waals surface area contributed by atoms with Crippen LogP contribution in [0.3, 0.4) is 0 Å². The van der Waals surface area contributed by atoms with Crippen LogP contribution in [0.15, 0.2) is 12.1 Å². The maximum atomic E-state index is 12.1. The third-order valence-electron chi connectivity index (χ3n) is 1.52. The van der Waals surface area contributed by atoms with E-state index in [0.717, 1.165) is 12.1 Å². The summed E-state index contributed by atoms with van der Waals surface area (Å²) in [5.41, 5.74) is -0.995. The monoisotopic (exact) mass is 222 g/mol. The first-order chi connectivity index (χ1) is 6.56. The van der Waals surface area contributed by atoms with Gasteiger partial charge in [0.05, 0.1) is 10.8 Å². The number of halogens is 3. The highest BCUT2D eigenvalue weighted by atomic mass is 35.5. The molecule has 0 radical (unpaired) electrons. The summed E-state index contributed by atoms with van der Waals surface area (Å²) in [4.78, 5) is 13.1. The van der Waals surface area contributed by atoms with Crippen LogP contribution in [-0.4, -0.2) is 9.91 Å². The van der Waals surface area contributed by atoms with E-state index in [-0.39, 0.29) is 17.3 Å². The van der Waals surface area contributed by atoms with Gasteiger partial charge >= 0.3 is 0 Å². The number of pyridine rings is 1. The summed E-state index contributed by atoms with van der Waals surface area (Å²) in [7, 11) is 0. The summed E-state index contributed by atoms with van der Waals surface area (Å²) in [6.45, 7) is 0. The maximum Gasteiger partial charge on any atom is 0.292 e. The van der Waals surface area contributed by atoms with Gasteiger partial charge in [0.15, 0.2) is 0 Å². The summed E-state index contributed by atoms with van der Waals surface area (Å²) in [5, 5.41) is 10.4. The Kier molecular flexibility index (Phi) is 3.29. The van der Waals surface area contributed by atoms with Gasteiger partial charge in [0, 0.05) is 6.07 Å². The van der Waals surface area contributed by atoms with Gasteiger partial charge < -0.3 is 0 Å². The van der Waals surface area contributed by atoms with E-state index in [4.69, 9.17) is 11.6 Å². The van der Waals surface area contributed by atoms with E-state index in [1.165, 1.54) is 0 Å². The smallest absolute Gasteiger partial charge is 0.258 e. The Labute approximate surface area is 82.7 Å². The molecular formula is C7H5ClF2N2O2. The van der Waals surface area contributed by atoms with E-state index in [1.54, 1.807) is 0 Å². The van der Waals surface area contributed by atoms with Gasteiger partial charge in [-0.15, -0.1) is 11.6 Å². The molecule has 0 aliphatic heterocycles. The van der Waals surface area contributed by atoms with Crippen molar-refractivity contribution in [3.05, 3.63) is 33.6 Å². The van der Waals surface area contributed by atoms with Gasteiger partial charge in [-0.2, -0.15) is 0 Å². The summed E-state index contributed by atoms with van der Waals surface area (Å²) in [6, 6.07) is 1.89. The van der Waals surface area contributed by atoms with E-state index in [1.807, 2.05) is 0 Å². The lowest BCUT2D eigenvalue weighted by atomic mass is 10.3. The lowest BCUT2D eigenvalue weighted by Gasteiger charge is -2.01. The number of hydrogen-bond acceptors (Lipinski definition) is 3. The molecule has 0 aliphatic carbocycles. The zero-order valence-corrected chi connectivity index (χ0v) is 7.54. The first-order valence-corrected chi connectivity index (χ1v) is 4.08. The van der Waals surface area contributed by atoms with Crippen molar-refractivity contribution in [1.82, 2.24) is 4.98 Å². The summed E-state index contributed by atoms with van der Waals surface area (Å²) >= 11 is 5.34. The van der Waals surface area contributed by atoms with Gasteiger partial charge in [0.1, 0.15) is 11.4 Å². The second kappa shape index (κ2) is 4.28. The number of nitro groups is 1. The third-order valence-corrected chi connectivity index (χ3v) is 1.77. The van der Waals surface area contributed by atoms with Crippen LogP contribution in [0.4, 0.5) is 14.5 Å². The molecule has 0 saturated carbocycles. The Bertz CT molecular complexity index is 360. The quantitative estimate of drug-likeness (QED) is 0.449. The van der Waals surface area contributed by atoms with Crippen LogP contribution >= 0.6 is 11.6 Å². The molecule has 0 aliphatic rings. The predicted octanol–water partition coefficient (Wildman–Crippen LogP) is 2.67. The van der Waals surface area contributed by atoms with Crippen molar-refractivity contribution in [2.75, 3.05) is 0 Å². The van der Waals surface area contributed by atoms with Crippen LogP contribution in [0.1, 0.15) is 17.8 Å². The normalized spacial score (nSPS) is 10.6. The van der Waals surface area contributed by atoms with Crippen LogP contribution in [0, 0.1) is 10.1 Å². The standard InChI is InChI=1S/C7H5ClF2N2O2/c8-3-5-6(12(13)14)2-1-4(11-5)7(9)10/h1-2,7H,3H2. The minimum absolute atomic E-state index is 0.144. The van der Waals surface area contributed by atoms with Crippen LogP contribution in [0.2, 0.25) is 0 Å². The van der Waals surface area contributed by atoms with E-state index in [2.05, 4.69) is 4.98 Å². The molecule has 0 fully saturated rings. The number of nitrogens with zero attached hydrogens (tertiary/aromatic N) is 2. The molecule has 0 saturated heterocycles. The summed E-state index contributed by atoms with van der Waals surface area (Å²) < 4.78 is 24.3. The average Bonchev–Trinajstić information content (AvgIpc) is 2.16. The molecule has 1 rings (SSSR count). The van der Waals surface area contributed by atoms with Gasteiger partial charge in [-0.3, -0.25) is 10.1 Å². The van der Waals surface area contributed by atoms with Gasteiger partial charge in [0.2, 0.25) is 0 Å². The fourth-order valence-corrected chi connectivity index (χ4v) is 1.09. The molecule has 7 heteroatoms. The lowest BCUT2D eigenvalue weighted by molar-refractivity contribution is -0.385. The molecule has 0 aromatic carbocycles. The predicted molar refractivity (Wildman–Crippen MR) is 45.4 cm³/mol. The lowest BCUT2D eigenvalue weighted by Crippen LogP contribution is -2.00. The van der Waals surface area contributed by atoms with Crippen molar-refractivity contribution in [3.63, 3.8) is 0 Å². The molecule has 0 atom stereocenters. The maximum absolute atomic E-state index is 12.1. The van der Waals surface area contributed by atoms with E-state index < -0.39 is 17.0 Å². The topological polar surface area (TPSA) is 56.0 Å². The summed E-state index contributed by atoms with van der Waals surface area (Å²) in [6.07, 6.45) is -2.75. The molecule has 4 nitrogen and oxygen atoms in total. The molecule has 0 bridgehead atoms. The van der Waals surface area contributed by atoms with Crippen molar-refractivity contribution in [3.8, 4) is 0 Å². The van der Waals surface area contributed by atoms with Gasteiger partial charge in [-0.05, 0) is 6.07 Å². The third kappa shape index (κ3) is 2.14. The first-order valence-electron chi connectivity index (χ1n) is 3.54. The Morgan fingerprint density at radius 1 is 1.57 bits per heavy atom. The second-order valence-corrected chi connectivity index (χ2v) is 2.66. The van der Waals surface area contributed by atoms with Crippen LogP contribution in [0.25, 0.3) is 0 Å². The van der Waals surface area contributed by atoms with Crippen molar-refractivity contribution in [2.24, 2.45) is 0 Å². The average molecular weight is 223 g/mol. The Balaban J connectivity index is 3.18. The SMILES string of the molecule is O=[N+]([O-])c1ccc(C(F)F)nc1CCl. The Morgan fingerprint density at radius 3 is 2.64 bits per heavy atom. The van der Waals surface area contributed by atoms with Crippen molar-refractivity contribution < 1.29 is 13.7 Å². The molecule has 1 aromatic heterocycles. The molecule has 14 heavy (non-hydrogen) atoms. The zero-order valence-electron chi connectivity index (χ0n) is 6.78. The van der Waals surface area contributed by atoms with Crippen molar-refractivity contribution in [1.29, 1.82) is 0 Å². The largest absolute Gasteiger partial charge is 0.292 e. The van der Waals surface area contributed by atoms with E-state index in [0.29, 0.717) is 0 Å². The molecule has 0 spiro atoms. The van der Waals surface area contributed by atoms with Gasteiger partial charge in [0.25, 0.3) is 12.1 Å². The van der Waals surface area contributed by atoms with Crippen LogP contribution < -0.4 is 0 Å². The highest BCUT2D eigenvalue weighted by Gasteiger charge is 2.18. The molecular weight excluding hydrogens is 218 g/mol. The second-order valence-electron chi connectivity index (χ2n) is 2.39. The van der Waals surface area contributed by atoms with Gasteiger partial charge in [-0.25, -0.2) is 13.8 Å². The van der Waals surface area contributed by atoms with Crippen molar-refractivity contribution in [2.45, 2.75) is 12.3 Å². The highest BCUT2D eigenvalue weighted by Crippen LogP contribution is 2.23. The number of rotatable bonds is 3. The fourth-order valence-electron chi connectivity index (χ4n) is 0.897. The molecule has 1 heterocycles. The molecule has 0 unspecified atom stereocenters. The fraction of sp³-hybridized carbons (Fsp3) is 0.286. The zero-order chi connectivity index (χ0) is 10.7. The van der Waals surface area contributed by atoms with Crippen molar-refractivity contribution >= 4 is 17.3 Å². The van der Waals surface area contributed by atoms with Gasteiger partial charge in [-0.1, -0.05) is 0 Å². The minimum Gasteiger partial charge on any atom is -0.258 e.